The first-order valence-corrected chi connectivity index (χ1v) is 6.12. The number of rotatable bonds is 3. The number of fused-ring (bicyclic) bond motifs is 1. The van der Waals surface area contributed by atoms with Crippen molar-refractivity contribution in [3.05, 3.63) is 29.1 Å². The van der Waals surface area contributed by atoms with E-state index in [-0.39, 0.29) is 5.54 Å². The van der Waals surface area contributed by atoms with Gasteiger partial charge in [-0.2, -0.15) is 0 Å². The van der Waals surface area contributed by atoms with Crippen molar-refractivity contribution < 1.29 is 4.42 Å². The highest BCUT2D eigenvalue weighted by Crippen LogP contribution is 2.20. The number of oxazole rings is 1. The van der Waals surface area contributed by atoms with Crippen molar-refractivity contribution in [1.29, 1.82) is 0 Å². The molecule has 2 aromatic rings. The minimum atomic E-state index is 0.120. The minimum absolute atomic E-state index is 0.120. The standard InChI is InChI=1S/C13H17ClN2O/c1-13(2,3)15-7-6-12-16-10-5-4-9(14)8-11(10)17-12/h4-5,8,15H,6-7H2,1-3H3. The van der Waals surface area contributed by atoms with Gasteiger partial charge in [-0.15, -0.1) is 0 Å². The van der Waals surface area contributed by atoms with Crippen LogP contribution in [0.3, 0.4) is 0 Å². The monoisotopic (exact) mass is 252 g/mol. The Labute approximate surface area is 106 Å². The van der Waals surface area contributed by atoms with E-state index in [1.165, 1.54) is 0 Å². The normalized spacial score (nSPS) is 12.2. The summed E-state index contributed by atoms with van der Waals surface area (Å²) in [5.74, 6) is 0.749. The second kappa shape index (κ2) is 4.67. The predicted octanol–water partition coefficient (Wildman–Crippen LogP) is 3.41. The molecule has 17 heavy (non-hydrogen) atoms. The highest BCUT2D eigenvalue weighted by molar-refractivity contribution is 6.31. The summed E-state index contributed by atoms with van der Waals surface area (Å²) >= 11 is 5.89. The van der Waals surface area contributed by atoms with Crippen LogP contribution in [0.15, 0.2) is 22.6 Å². The first-order chi connectivity index (χ1) is 7.94. The lowest BCUT2D eigenvalue weighted by Gasteiger charge is -2.19. The number of nitrogens with one attached hydrogen (secondary N) is 1. The van der Waals surface area contributed by atoms with Crippen LogP contribution in [0.25, 0.3) is 11.1 Å². The molecule has 1 heterocycles. The third-order valence-corrected chi connectivity index (χ3v) is 2.62. The van der Waals surface area contributed by atoms with Crippen LogP contribution in [0, 0.1) is 0 Å². The molecule has 0 unspecified atom stereocenters. The van der Waals surface area contributed by atoms with Crippen LogP contribution in [-0.2, 0) is 6.42 Å². The third-order valence-electron chi connectivity index (χ3n) is 2.39. The van der Waals surface area contributed by atoms with Crippen LogP contribution >= 0.6 is 11.6 Å². The van der Waals surface area contributed by atoms with Crippen molar-refractivity contribution in [2.75, 3.05) is 6.54 Å². The molecule has 1 aromatic heterocycles. The average Bonchev–Trinajstić information content (AvgIpc) is 2.57. The molecule has 0 aliphatic heterocycles. The van der Waals surface area contributed by atoms with Gasteiger partial charge in [-0.1, -0.05) is 11.6 Å². The quantitative estimate of drug-likeness (QED) is 0.910. The molecule has 1 aromatic carbocycles. The molecule has 0 saturated carbocycles. The van der Waals surface area contributed by atoms with E-state index in [2.05, 4.69) is 31.1 Å². The minimum Gasteiger partial charge on any atom is -0.441 e. The van der Waals surface area contributed by atoms with Gasteiger partial charge in [0.1, 0.15) is 5.52 Å². The number of halogens is 1. The zero-order chi connectivity index (χ0) is 12.5. The lowest BCUT2D eigenvalue weighted by molar-refractivity contribution is 0.414. The Hall–Kier alpha value is -1.06. The van der Waals surface area contributed by atoms with Gasteiger partial charge >= 0.3 is 0 Å². The smallest absolute Gasteiger partial charge is 0.196 e. The fourth-order valence-corrected chi connectivity index (χ4v) is 1.76. The fraction of sp³-hybridized carbons (Fsp3) is 0.462. The Morgan fingerprint density at radius 3 is 2.82 bits per heavy atom. The van der Waals surface area contributed by atoms with E-state index < -0.39 is 0 Å². The Kier molecular flexibility index (Phi) is 3.40. The van der Waals surface area contributed by atoms with Crippen LogP contribution in [0.5, 0.6) is 0 Å². The second-order valence-corrected chi connectivity index (χ2v) is 5.58. The van der Waals surface area contributed by atoms with E-state index in [1.54, 1.807) is 6.07 Å². The summed E-state index contributed by atoms with van der Waals surface area (Å²) in [6.45, 7) is 7.26. The predicted molar refractivity (Wildman–Crippen MR) is 70.5 cm³/mol. The molecular weight excluding hydrogens is 236 g/mol. The van der Waals surface area contributed by atoms with Gasteiger partial charge in [0.15, 0.2) is 11.5 Å². The maximum atomic E-state index is 5.89. The topological polar surface area (TPSA) is 38.1 Å². The molecular formula is C13H17ClN2O. The molecule has 2 rings (SSSR count). The van der Waals surface area contributed by atoms with Gasteiger partial charge in [0.2, 0.25) is 0 Å². The SMILES string of the molecule is CC(C)(C)NCCc1nc2ccc(Cl)cc2o1. The van der Waals surface area contributed by atoms with Crippen LogP contribution in [0.1, 0.15) is 26.7 Å². The molecule has 0 amide bonds. The molecule has 4 heteroatoms. The van der Waals surface area contributed by atoms with Crippen molar-refractivity contribution in [3.63, 3.8) is 0 Å². The molecule has 0 saturated heterocycles. The summed E-state index contributed by atoms with van der Waals surface area (Å²) < 4.78 is 5.63. The summed E-state index contributed by atoms with van der Waals surface area (Å²) in [7, 11) is 0. The highest BCUT2D eigenvalue weighted by atomic mass is 35.5. The molecule has 0 aliphatic rings. The number of nitrogens with zero attached hydrogens (tertiary/aromatic N) is 1. The fourth-order valence-electron chi connectivity index (χ4n) is 1.60. The zero-order valence-electron chi connectivity index (χ0n) is 10.4. The van der Waals surface area contributed by atoms with E-state index >= 15 is 0 Å². The lowest BCUT2D eigenvalue weighted by atomic mass is 10.1. The Balaban J connectivity index is 2.05. The summed E-state index contributed by atoms with van der Waals surface area (Å²) in [6, 6.07) is 5.50. The number of benzene rings is 1. The van der Waals surface area contributed by atoms with Crippen molar-refractivity contribution in [1.82, 2.24) is 10.3 Å². The molecule has 0 bridgehead atoms. The van der Waals surface area contributed by atoms with E-state index in [9.17, 15) is 0 Å². The van der Waals surface area contributed by atoms with Gasteiger partial charge in [-0.05, 0) is 32.9 Å². The number of aromatic nitrogens is 1. The van der Waals surface area contributed by atoms with Gasteiger partial charge in [-0.3, -0.25) is 0 Å². The molecule has 0 radical (unpaired) electrons. The van der Waals surface area contributed by atoms with Crippen molar-refractivity contribution in [3.8, 4) is 0 Å². The van der Waals surface area contributed by atoms with Crippen LogP contribution < -0.4 is 5.32 Å². The molecule has 0 atom stereocenters. The summed E-state index contributed by atoms with van der Waals surface area (Å²) in [6.07, 6.45) is 0.781. The first-order valence-electron chi connectivity index (χ1n) is 5.74. The van der Waals surface area contributed by atoms with Gasteiger partial charge in [0.25, 0.3) is 0 Å². The third kappa shape index (κ3) is 3.45. The maximum absolute atomic E-state index is 5.89. The van der Waals surface area contributed by atoms with Crippen LogP contribution in [-0.4, -0.2) is 17.1 Å². The molecule has 0 spiro atoms. The maximum Gasteiger partial charge on any atom is 0.196 e. The van der Waals surface area contributed by atoms with Crippen LogP contribution in [0.2, 0.25) is 5.02 Å². The molecule has 1 N–H and O–H groups in total. The lowest BCUT2D eigenvalue weighted by Crippen LogP contribution is -2.37. The van der Waals surface area contributed by atoms with E-state index in [1.807, 2.05) is 12.1 Å². The average molecular weight is 253 g/mol. The summed E-state index contributed by atoms with van der Waals surface area (Å²) in [5.41, 5.74) is 1.73. The van der Waals surface area contributed by atoms with Crippen molar-refractivity contribution in [2.45, 2.75) is 32.7 Å². The summed E-state index contributed by atoms with van der Waals surface area (Å²) in [4.78, 5) is 4.41. The Bertz CT molecular complexity index is 514. The molecule has 3 nitrogen and oxygen atoms in total. The largest absolute Gasteiger partial charge is 0.441 e. The Morgan fingerprint density at radius 1 is 1.35 bits per heavy atom. The number of hydrogen-bond donors (Lipinski definition) is 1. The molecule has 92 valence electrons. The number of hydrogen-bond acceptors (Lipinski definition) is 3. The molecule has 0 aliphatic carbocycles. The zero-order valence-corrected chi connectivity index (χ0v) is 11.1. The highest BCUT2D eigenvalue weighted by Gasteiger charge is 2.10. The van der Waals surface area contributed by atoms with E-state index in [0.717, 1.165) is 30.0 Å². The van der Waals surface area contributed by atoms with Gasteiger partial charge < -0.3 is 9.73 Å². The summed E-state index contributed by atoms with van der Waals surface area (Å²) in [5, 5.41) is 4.07. The van der Waals surface area contributed by atoms with Crippen molar-refractivity contribution >= 4 is 22.7 Å². The van der Waals surface area contributed by atoms with Gasteiger partial charge in [-0.25, -0.2) is 4.98 Å². The van der Waals surface area contributed by atoms with Crippen LogP contribution in [0.4, 0.5) is 0 Å². The Morgan fingerprint density at radius 2 is 2.12 bits per heavy atom. The van der Waals surface area contributed by atoms with E-state index in [4.69, 9.17) is 16.0 Å². The van der Waals surface area contributed by atoms with Gasteiger partial charge in [0.05, 0.1) is 0 Å². The first kappa shape index (κ1) is 12.4. The van der Waals surface area contributed by atoms with Crippen molar-refractivity contribution in [2.24, 2.45) is 0 Å². The van der Waals surface area contributed by atoms with Gasteiger partial charge in [0, 0.05) is 29.6 Å². The molecule has 0 fully saturated rings. The second-order valence-electron chi connectivity index (χ2n) is 5.15. The van der Waals surface area contributed by atoms with E-state index in [0.29, 0.717) is 5.02 Å².